The molecule has 10 nitrogen and oxygen atoms in total. The van der Waals surface area contributed by atoms with Crippen LogP contribution in [-0.2, 0) is 21.2 Å². The Balaban J connectivity index is 1.38. The minimum Gasteiger partial charge on any atom is -0.362 e. The van der Waals surface area contributed by atoms with Gasteiger partial charge in [0.05, 0.1) is 17.0 Å². The van der Waals surface area contributed by atoms with Crippen LogP contribution in [0.2, 0.25) is 0 Å². The second-order valence-electron chi connectivity index (χ2n) is 7.18. The smallest absolute Gasteiger partial charge is 0.283 e. The van der Waals surface area contributed by atoms with E-state index in [1.54, 1.807) is 12.1 Å². The van der Waals surface area contributed by atoms with Crippen molar-refractivity contribution in [2.75, 3.05) is 18.9 Å². The Bertz CT molecular complexity index is 1190. The Morgan fingerprint density at radius 3 is 2.48 bits per heavy atom. The zero-order chi connectivity index (χ0) is 21.8. The van der Waals surface area contributed by atoms with Crippen LogP contribution >= 0.6 is 0 Å². The molecule has 1 aliphatic rings. The van der Waals surface area contributed by atoms with Crippen molar-refractivity contribution in [1.82, 2.24) is 25.1 Å². The molecule has 1 N–H and O–H groups in total. The first-order valence-electron chi connectivity index (χ1n) is 9.68. The normalized spacial score (nSPS) is 15.4. The highest BCUT2D eigenvalue weighted by molar-refractivity contribution is 7.90. The summed E-state index contributed by atoms with van der Waals surface area (Å²) >= 11 is 0. The number of carbonyl (C=O) groups is 1. The van der Waals surface area contributed by atoms with Gasteiger partial charge in [0.15, 0.2) is 0 Å². The van der Waals surface area contributed by atoms with Crippen molar-refractivity contribution in [1.29, 1.82) is 0 Å². The maximum Gasteiger partial charge on any atom is 0.283 e. The largest absolute Gasteiger partial charge is 0.362 e. The summed E-state index contributed by atoms with van der Waals surface area (Å²) in [7, 11) is -1.94. The van der Waals surface area contributed by atoms with Gasteiger partial charge in [0.1, 0.15) is 12.2 Å². The number of benzene rings is 2. The average molecular weight is 440 g/mol. The van der Waals surface area contributed by atoms with Gasteiger partial charge >= 0.3 is 0 Å². The average Bonchev–Trinajstić information content (AvgIpc) is 3.41. The van der Waals surface area contributed by atoms with Crippen molar-refractivity contribution in [3.05, 3.63) is 60.4 Å². The van der Waals surface area contributed by atoms with Crippen molar-refractivity contribution >= 4 is 27.5 Å². The Morgan fingerprint density at radius 2 is 1.87 bits per heavy atom. The number of aromatic nitrogens is 4. The number of rotatable bonds is 6. The maximum atomic E-state index is 12.5. The zero-order valence-corrected chi connectivity index (χ0v) is 17.7. The number of tetrazole rings is 1. The number of sulfonamides is 1. The minimum atomic E-state index is -3.78. The van der Waals surface area contributed by atoms with E-state index in [9.17, 15) is 13.2 Å². The number of hydrogen-bond acceptors (Lipinski definition) is 6. The van der Waals surface area contributed by atoms with E-state index in [1.807, 2.05) is 36.2 Å². The van der Waals surface area contributed by atoms with Gasteiger partial charge in [0.2, 0.25) is 5.91 Å². The first-order chi connectivity index (χ1) is 14.9. The summed E-state index contributed by atoms with van der Waals surface area (Å²) < 4.78 is 30.5. The lowest BCUT2D eigenvalue weighted by molar-refractivity contribution is -0.115. The number of amides is 1. The van der Waals surface area contributed by atoms with Crippen molar-refractivity contribution in [3.8, 4) is 5.69 Å². The summed E-state index contributed by atoms with van der Waals surface area (Å²) in [6.07, 6.45) is 3.22. The summed E-state index contributed by atoms with van der Waals surface area (Å²) in [6.45, 7) is 0.805. The first-order valence-corrected chi connectivity index (χ1v) is 11.1. The molecule has 1 saturated heterocycles. The van der Waals surface area contributed by atoms with E-state index in [-0.39, 0.29) is 17.2 Å². The predicted octanol–water partition coefficient (Wildman–Crippen LogP) is 1.66. The van der Waals surface area contributed by atoms with Crippen molar-refractivity contribution in [3.63, 3.8) is 0 Å². The molecule has 11 heteroatoms. The number of anilines is 1. The van der Waals surface area contributed by atoms with Gasteiger partial charge in [-0.1, -0.05) is 12.1 Å². The molecule has 0 saturated carbocycles. The molecule has 1 amide bonds. The lowest BCUT2D eigenvalue weighted by Gasteiger charge is -2.11. The van der Waals surface area contributed by atoms with Crippen LogP contribution in [0.1, 0.15) is 18.4 Å². The molecule has 1 fully saturated rings. The van der Waals surface area contributed by atoms with Crippen molar-refractivity contribution in [2.24, 2.45) is 4.40 Å². The monoisotopic (exact) mass is 439 g/mol. The minimum absolute atomic E-state index is 0.0940. The fourth-order valence-corrected chi connectivity index (χ4v) is 4.34. The van der Waals surface area contributed by atoms with E-state index in [0.717, 1.165) is 24.2 Å². The highest BCUT2D eigenvalue weighted by atomic mass is 32.2. The third-order valence-electron chi connectivity index (χ3n) is 4.91. The van der Waals surface area contributed by atoms with Gasteiger partial charge < -0.3 is 10.2 Å². The summed E-state index contributed by atoms with van der Waals surface area (Å²) in [4.78, 5) is 14.3. The van der Waals surface area contributed by atoms with Gasteiger partial charge in [0, 0.05) is 25.7 Å². The molecule has 0 unspecified atom stereocenters. The molecule has 0 spiro atoms. The van der Waals surface area contributed by atoms with Crippen LogP contribution in [0.3, 0.4) is 0 Å². The molecule has 0 aliphatic carbocycles. The molecule has 0 bridgehead atoms. The Kier molecular flexibility index (Phi) is 5.76. The van der Waals surface area contributed by atoms with Crippen molar-refractivity contribution in [2.45, 2.75) is 24.2 Å². The van der Waals surface area contributed by atoms with Crippen LogP contribution in [0.4, 0.5) is 5.69 Å². The third kappa shape index (κ3) is 4.94. The Labute approximate surface area is 179 Å². The van der Waals surface area contributed by atoms with Crippen LogP contribution in [0, 0.1) is 0 Å². The summed E-state index contributed by atoms with van der Waals surface area (Å²) in [5, 5.41) is 13.8. The summed E-state index contributed by atoms with van der Waals surface area (Å²) in [6, 6.07) is 13.3. The van der Waals surface area contributed by atoms with Gasteiger partial charge in [-0.3, -0.25) is 4.79 Å². The lowest BCUT2D eigenvalue weighted by atomic mass is 10.1. The second-order valence-corrected chi connectivity index (χ2v) is 8.78. The highest BCUT2D eigenvalue weighted by Crippen LogP contribution is 2.19. The molecule has 0 radical (unpaired) electrons. The fourth-order valence-electron chi connectivity index (χ4n) is 3.25. The molecule has 0 atom stereocenters. The van der Waals surface area contributed by atoms with Crippen LogP contribution in [0.5, 0.6) is 0 Å². The molecule has 3 aromatic rings. The molecular formula is C20H21N7O3S. The number of amidine groups is 1. The molecule has 2 aromatic carbocycles. The van der Waals surface area contributed by atoms with Crippen LogP contribution in [0.25, 0.3) is 5.69 Å². The molecule has 2 heterocycles. The number of hydrogen-bond donors (Lipinski definition) is 1. The zero-order valence-electron chi connectivity index (χ0n) is 16.8. The topological polar surface area (TPSA) is 122 Å². The molecule has 4 rings (SSSR count). The Hall–Kier alpha value is -3.60. The van der Waals surface area contributed by atoms with Gasteiger partial charge in [-0.25, -0.2) is 4.68 Å². The molecule has 31 heavy (non-hydrogen) atoms. The SMILES string of the molecule is CN1CCC/C1=N\S(=O)(=O)c1ccc(NC(=O)Cc2ccc(-n3cnnn3)cc2)cc1. The number of nitrogens with one attached hydrogen (secondary N) is 1. The lowest BCUT2D eigenvalue weighted by Crippen LogP contribution is -2.20. The van der Waals surface area contributed by atoms with Crippen LogP contribution in [0.15, 0.2) is 64.2 Å². The quantitative estimate of drug-likeness (QED) is 0.620. The van der Waals surface area contributed by atoms with Gasteiger partial charge in [0.25, 0.3) is 10.0 Å². The van der Waals surface area contributed by atoms with Gasteiger partial charge in [-0.15, -0.1) is 9.50 Å². The van der Waals surface area contributed by atoms with Gasteiger partial charge in [-0.2, -0.15) is 8.42 Å². The van der Waals surface area contributed by atoms with E-state index in [4.69, 9.17) is 0 Å². The first kappa shape index (κ1) is 20.7. The highest BCUT2D eigenvalue weighted by Gasteiger charge is 2.20. The van der Waals surface area contributed by atoms with Crippen LogP contribution < -0.4 is 5.32 Å². The summed E-state index contributed by atoms with van der Waals surface area (Å²) in [5.74, 6) is 0.363. The number of likely N-dealkylation sites (tertiary alicyclic amines) is 1. The maximum absolute atomic E-state index is 12.5. The van der Waals surface area contributed by atoms with E-state index < -0.39 is 10.0 Å². The molecular weight excluding hydrogens is 418 g/mol. The van der Waals surface area contributed by atoms with Gasteiger partial charge in [-0.05, 0) is 58.8 Å². The molecule has 160 valence electrons. The Morgan fingerprint density at radius 1 is 1.13 bits per heavy atom. The standard InChI is InChI=1S/C20H21N7O3S/c1-26-12-2-3-19(26)23-31(29,30)18-10-6-16(7-11-18)22-20(28)13-15-4-8-17(9-5-15)27-14-21-24-25-27/h4-11,14H,2-3,12-13H2,1H3,(H,22,28)/b23-19+. The predicted molar refractivity (Wildman–Crippen MR) is 114 cm³/mol. The third-order valence-corrected chi connectivity index (χ3v) is 6.23. The number of nitrogens with zero attached hydrogens (tertiary/aromatic N) is 6. The van der Waals surface area contributed by atoms with Crippen LogP contribution in [-0.4, -0.2) is 58.9 Å². The number of carbonyl (C=O) groups excluding carboxylic acids is 1. The summed E-state index contributed by atoms with van der Waals surface area (Å²) in [5.41, 5.74) is 2.13. The fraction of sp³-hybridized carbons (Fsp3) is 0.250. The van der Waals surface area contributed by atoms with E-state index in [2.05, 4.69) is 25.2 Å². The van der Waals surface area contributed by atoms with E-state index in [0.29, 0.717) is 17.9 Å². The van der Waals surface area contributed by atoms with E-state index >= 15 is 0 Å². The molecule has 1 aromatic heterocycles. The second kappa shape index (κ2) is 8.64. The van der Waals surface area contributed by atoms with Crippen molar-refractivity contribution < 1.29 is 13.2 Å². The van der Waals surface area contributed by atoms with E-state index in [1.165, 1.54) is 23.1 Å². The molecule has 1 aliphatic heterocycles.